The summed E-state index contributed by atoms with van der Waals surface area (Å²) in [6.45, 7) is 53.4. The molecule has 0 fully saturated rings. The number of benzene rings is 1. The molecular weight excluding hydrogens is 2410 g/mol. The van der Waals surface area contributed by atoms with E-state index in [2.05, 4.69) is 255 Å². The Balaban J connectivity index is 0.000000195. The van der Waals surface area contributed by atoms with E-state index in [9.17, 15) is 13.6 Å². The summed E-state index contributed by atoms with van der Waals surface area (Å²) >= 11 is 0. The van der Waals surface area contributed by atoms with E-state index < -0.39 is 17.6 Å². The van der Waals surface area contributed by atoms with Gasteiger partial charge in [0.15, 0.2) is 0 Å². The molecule has 0 spiro atoms. The van der Waals surface area contributed by atoms with Crippen molar-refractivity contribution in [3.05, 3.63) is 292 Å². The van der Waals surface area contributed by atoms with E-state index in [1.165, 1.54) is 146 Å². The molecule has 16 nitrogen and oxygen atoms in total. The van der Waals surface area contributed by atoms with Gasteiger partial charge in [0.05, 0.1) is 68.3 Å². The molecule has 0 atom stereocenters. The second-order valence-electron chi connectivity index (χ2n) is 35.7. The largest absolute Gasteiger partial charge is 2.00 e. The first-order valence-electron chi connectivity index (χ1n) is 51.0. The third-order valence-electron chi connectivity index (χ3n) is 28.4. The van der Waals surface area contributed by atoms with Crippen LogP contribution in [0.3, 0.4) is 0 Å². The van der Waals surface area contributed by atoms with Crippen molar-refractivity contribution in [1.82, 2.24) is 69.8 Å². The standard InChI is InChI=1S/2C36H44N4.C32H36N4.C11H6F2N.C6H5NO2.Ir.Pd.2Pt/c2*1-9-21-22(10-2)30-18-32-25(13-5)26(14-6)34(39-32)20-36-28(16-8)27(15-7)35(40-36)19-33-24(12-4)23(11-3)31(38-33)17-29(21)37-30;1-9-21-17(5)25-14-30-23(11-3)19(7)27(35-30)16-32-24(12-4)20(8)28(36-32)15-31-22(10-2)18(6)26(34-31)13-29(21)33-25;12-8-4-5-9(10(13)7-8)11-3-1-2-6-14-11;8-6(9)5-3-1-2-4-7-5;;;;/h2*17-20H,9-16H2,1-8H3;13-16H,9-12H2,1-8H3;1-4,6-7H;1-4H,(H,8,9);;;;/q3*-2;-1;;;3*+2. The van der Waals surface area contributed by atoms with Gasteiger partial charge in [-0.3, -0.25) is 8.78 Å². The van der Waals surface area contributed by atoms with Crippen molar-refractivity contribution >= 4 is 139 Å². The van der Waals surface area contributed by atoms with Gasteiger partial charge in [-0.2, -0.15) is 0 Å². The van der Waals surface area contributed by atoms with Crippen molar-refractivity contribution in [2.75, 3.05) is 0 Å². The Hall–Kier alpha value is -10.7. The number of carbonyl (C=O) groups is 1. The Morgan fingerprint density at radius 1 is 0.280 bits per heavy atom. The van der Waals surface area contributed by atoms with E-state index in [1.807, 2.05) is 0 Å². The van der Waals surface area contributed by atoms with Crippen molar-refractivity contribution in [2.45, 2.75) is 295 Å². The van der Waals surface area contributed by atoms with Crippen molar-refractivity contribution < 1.29 is 101 Å². The molecule has 1 radical (unpaired) electrons. The van der Waals surface area contributed by atoms with Crippen LogP contribution in [0.25, 0.3) is 144 Å². The maximum absolute atomic E-state index is 13.2. The van der Waals surface area contributed by atoms with Crippen molar-refractivity contribution in [3.63, 3.8) is 0 Å². The molecular formula is C121H135F2IrN14O2PdPt2-. The van der Waals surface area contributed by atoms with Crippen molar-refractivity contribution in [3.8, 4) is 11.3 Å². The van der Waals surface area contributed by atoms with Crippen LogP contribution in [-0.2, 0) is 147 Å². The molecule has 11 aromatic heterocycles. The second-order valence-corrected chi connectivity index (χ2v) is 35.7. The summed E-state index contributed by atoms with van der Waals surface area (Å²) in [5.74, 6) is -2.28. The van der Waals surface area contributed by atoms with E-state index in [-0.39, 0.29) is 93.9 Å². The minimum Gasteiger partial charge on any atom is -0.657 e. The average Bonchev–Trinajstić information content (AvgIpc) is 1.62. The summed E-state index contributed by atoms with van der Waals surface area (Å²) < 4.78 is 25.8. The minimum absolute atomic E-state index is 0. The molecule has 22 heteroatoms. The molecule has 1 N–H and O–H groups in total. The van der Waals surface area contributed by atoms with Crippen LogP contribution in [0.5, 0.6) is 0 Å². The number of halogens is 2. The molecule has 0 saturated heterocycles. The summed E-state index contributed by atoms with van der Waals surface area (Å²) in [6, 6.07) is 41.0. The summed E-state index contributed by atoms with van der Waals surface area (Å²) in [4.78, 5) is 80.1. The number of aromatic nitrogens is 14. The van der Waals surface area contributed by atoms with Crippen LogP contribution in [-0.4, -0.2) is 50.9 Å². The van der Waals surface area contributed by atoms with Crippen molar-refractivity contribution in [1.29, 1.82) is 0 Å². The SMILES string of the molecule is CCC1=C(C)c2cc3[n-]c(cc4nc(cc5[n-]c(cc1n2)c(C)c5CC)C(C)=C4CC)c(C)c3CC.CCC1=C(CC)c2cc3[n-]c(cc4nc(cc5[n-]c(cc1n2)c(CC)c5CC)C(CC)=C4CC)c(CC)c3CC.CCC1=C(CC)c2cc3[n-]c(cc4nc(cc5[n-]c(cc1n2)c(CC)c5CC)C(CC)=C4CC)c(CC)c3CC.Fc1c[c-]c(-c2ccccn2)c(F)c1.O=C(O)c1ccccn1.[Ir].[Pd+2].[Pt+2].[Pt+2]. The topological polar surface area (TPSA) is 225 Å². The Bertz CT molecular complexity index is 6650. The van der Waals surface area contributed by atoms with Gasteiger partial charge in [0.2, 0.25) is 0 Å². The monoisotopic (exact) mass is 2540 g/mol. The number of carboxylic acid groups (broad SMARTS) is 1. The molecule has 0 unspecified atom stereocenters. The van der Waals surface area contributed by atoms with Crippen LogP contribution < -0.4 is 29.9 Å². The number of hydrogen-bond acceptors (Lipinski definition) is 9. The first-order chi connectivity index (χ1) is 67.3. The number of pyridine rings is 2. The molecule has 755 valence electrons. The number of rotatable bonds is 22. The number of allylic oxidation sites excluding steroid dienone is 12. The van der Waals surface area contributed by atoms with Gasteiger partial charge < -0.3 is 40.0 Å². The first kappa shape index (κ1) is 114. The third kappa shape index (κ3) is 23.4. The smallest absolute Gasteiger partial charge is 0.657 e. The zero-order chi connectivity index (χ0) is 99.5. The summed E-state index contributed by atoms with van der Waals surface area (Å²) in [7, 11) is 0. The number of hydrogen-bond donors (Lipinski definition) is 1. The van der Waals surface area contributed by atoms with Gasteiger partial charge >= 0.3 is 68.5 Å². The Morgan fingerprint density at radius 3 is 0.706 bits per heavy atom. The van der Waals surface area contributed by atoms with E-state index in [0.717, 1.165) is 275 Å². The van der Waals surface area contributed by atoms with Gasteiger partial charge in [0.1, 0.15) is 5.69 Å². The number of fused-ring (bicyclic) bond motifs is 24. The number of aromatic carboxylic acids is 1. The molecule has 143 heavy (non-hydrogen) atoms. The molecule has 17 heterocycles. The fraction of sp³-hybridized carbons (Fsp3) is 0.364. The van der Waals surface area contributed by atoms with Gasteiger partial charge in [-0.1, -0.05) is 308 Å². The predicted molar refractivity (Wildman–Crippen MR) is 575 cm³/mol. The molecule has 0 saturated carbocycles. The van der Waals surface area contributed by atoms with Gasteiger partial charge in [-0.05, 0) is 247 Å². The summed E-state index contributed by atoms with van der Waals surface area (Å²) in [5.41, 5.74) is 57.2. The molecule has 1 aromatic carbocycles. The van der Waals surface area contributed by atoms with Gasteiger partial charge in [0, 0.05) is 44.1 Å². The predicted octanol–water partition coefficient (Wildman–Crippen LogP) is 30.2. The van der Waals surface area contributed by atoms with E-state index in [1.54, 1.807) is 36.5 Å². The van der Waals surface area contributed by atoms with Gasteiger partial charge in [-0.25, -0.2) is 39.7 Å². The maximum Gasteiger partial charge on any atom is 2.00 e. The molecule has 24 bridgehead atoms. The van der Waals surface area contributed by atoms with Crippen LogP contribution in [0.4, 0.5) is 8.78 Å². The molecule has 6 aliphatic heterocycles. The Labute approximate surface area is 900 Å². The molecule has 12 aromatic rings. The Kier molecular flexibility index (Phi) is 41.1. The van der Waals surface area contributed by atoms with Gasteiger partial charge in [0.25, 0.3) is 0 Å². The minimum atomic E-state index is -0.990. The van der Waals surface area contributed by atoms with Crippen LogP contribution in [0, 0.1) is 31.5 Å². The third-order valence-corrected chi connectivity index (χ3v) is 28.4. The van der Waals surface area contributed by atoms with Gasteiger partial charge in [-0.15, -0.1) is 78.3 Å². The number of carboxylic acids is 1. The van der Waals surface area contributed by atoms with Crippen LogP contribution >= 0.6 is 0 Å². The Morgan fingerprint density at radius 2 is 0.497 bits per heavy atom. The fourth-order valence-electron chi connectivity index (χ4n) is 21.3. The normalized spacial score (nSPS) is 12.6. The van der Waals surface area contributed by atoms with Crippen LogP contribution in [0.2, 0.25) is 0 Å². The number of nitrogens with zero attached hydrogens (tertiary/aromatic N) is 14. The molecule has 0 aliphatic carbocycles. The quantitative estimate of drug-likeness (QED) is 0.0492. The molecule has 18 rings (SSSR count). The second kappa shape index (κ2) is 51.4. The van der Waals surface area contributed by atoms with E-state index >= 15 is 0 Å². The zero-order valence-corrected chi connectivity index (χ0v) is 96.0. The maximum atomic E-state index is 13.2. The zero-order valence-electron chi connectivity index (χ0n) is 87.5. The van der Waals surface area contributed by atoms with Crippen LogP contribution in [0.15, 0.2) is 134 Å². The fourth-order valence-corrected chi connectivity index (χ4v) is 21.3. The molecule has 0 amide bonds. The first-order valence-corrected chi connectivity index (χ1v) is 51.0. The van der Waals surface area contributed by atoms with Crippen LogP contribution in [0.1, 0.15) is 362 Å². The van der Waals surface area contributed by atoms with Crippen molar-refractivity contribution in [2.24, 2.45) is 0 Å². The average molecular weight is 2540 g/mol. The summed E-state index contributed by atoms with van der Waals surface area (Å²) in [6.07, 6.45) is 21.9. The number of aryl methyl sites for hydroxylation is 12. The molecule has 6 aliphatic rings. The van der Waals surface area contributed by atoms with E-state index in [0.29, 0.717) is 5.69 Å². The summed E-state index contributed by atoms with van der Waals surface area (Å²) in [5, 5.41) is 8.32. The van der Waals surface area contributed by atoms with E-state index in [4.69, 9.17) is 64.9 Å².